The molecule has 1 aromatic carbocycles. The van der Waals surface area contributed by atoms with Crippen LogP contribution in [-0.4, -0.2) is 32.7 Å². The first kappa shape index (κ1) is 24.1. The van der Waals surface area contributed by atoms with Gasteiger partial charge in [0.25, 0.3) is 0 Å². The molecular formula is C28H35F3O2. The zero-order valence-corrected chi connectivity index (χ0v) is 19.6. The van der Waals surface area contributed by atoms with E-state index in [1.165, 1.54) is 13.2 Å². The van der Waals surface area contributed by atoms with Crippen LogP contribution in [0.4, 0.5) is 13.2 Å². The number of ether oxygens (including phenoxy) is 2. The Morgan fingerprint density at radius 1 is 0.848 bits per heavy atom. The summed E-state index contributed by atoms with van der Waals surface area (Å²) in [4.78, 5) is 0. The van der Waals surface area contributed by atoms with Crippen LogP contribution in [0, 0.1) is 17.7 Å². The van der Waals surface area contributed by atoms with Gasteiger partial charge in [-0.05, 0) is 91.9 Å². The van der Waals surface area contributed by atoms with Gasteiger partial charge >= 0.3 is 0 Å². The van der Waals surface area contributed by atoms with E-state index in [1.807, 2.05) is 18.2 Å². The predicted molar refractivity (Wildman–Crippen MR) is 126 cm³/mol. The Morgan fingerprint density at radius 2 is 1.55 bits per heavy atom. The van der Waals surface area contributed by atoms with Crippen LogP contribution in [0.2, 0.25) is 0 Å². The summed E-state index contributed by atoms with van der Waals surface area (Å²) in [5, 5.41) is 0. The number of benzene rings is 1. The monoisotopic (exact) mass is 460 g/mol. The molecule has 0 amide bonds. The van der Waals surface area contributed by atoms with Crippen molar-refractivity contribution in [1.82, 2.24) is 0 Å². The second-order valence-electron chi connectivity index (χ2n) is 9.70. The van der Waals surface area contributed by atoms with E-state index >= 15 is 0 Å². The quantitative estimate of drug-likeness (QED) is 0.440. The summed E-state index contributed by atoms with van der Waals surface area (Å²) in [7, 11) is 3.25. The molecule has 3 aliphatic carbocycles. The maximum absolute atomic E-state index is 15.0. The fourth-order valence-corrected chi connectivity index (χ4v) is 5.69. The minimum absolute atomic E-state index is 0.111. The molecule has 0 radical (unpaired) electrons. The molecule has 0 N–H and O–H groups in total. The summed E-state index contributed by atoms with van der Waals surface area (Å²) < 4.78 is 54.8. The molecule has 0 spiro atoms. The summed E-state index contributed by atoms with van der Waals surface area (Å²) in [5.74, 6) is 0.925. The number of allylic oxidation sites excluding steroid dienone is 6. The lowest BCUT2D eigenvalue weighted by Crippen LogP contribution is -2.31. The van der Waals surface area contributed by atoms with Gasteiger partial charge in [-0.25, -0.2) is 13.2 Å². The lowest BCUT2D eigenvalue weighted by atomic mass is 9.77. The molecule has 2 unspecified atom stereocenters. The van der Waals surface area contributed by atoms with Gasteiger partial charge in [-0.3, -0.25) is 0 Å². The van der Waals surface area contributed by atoms with Crippen LogP contribution < -0.4 is 4.74 Å². The molecule has 1 aromatic rings. The summed E-state index contributed by atoms with van der Waals surface area (Å²) >= 11 is 0. The largest absolute Gasteiger partial charge is 0.497 e. The van der Waals surface area contributed by atoms with E-state index in [1.54, 1.807) is 25.3 Å². The molecule has 0 bridgehead atoms. The fourth-order valence-electron chi connectivity index (χ4n) is 5.69. The molecule has 33 heavy (non-hydrogen) atoms. The van der Waals surface area contributed by atoms with Crippen LogP contribution in [0.15, 0.2) is 53.6 Å². The molecule has 0 aromatic heterocycles. The van der Waals surface area contributed by atoms with E-state index < -0.39 is 12.3 Å². The number of halogens is 3. The van der Waals surface area contributed by atoms with Gasteiger partial charge in [0, 0.05) is 13.2 Å². The van der Waals surface area contributed by atoms with Gasteiger partial charge in [0.1, 0.15) is 11.6 Å². The smallest absolute Gasteiger partial charge is 0.160 e. The van der Waals surface area contributed by atoms with E-state index in [4.69, 9.17) is 9.47 Å². The third-order valence-electron chi connectivity index (χ3n) is 7.82. The summed E-state index contributed by atoms with van der Waals surface area (Å²) in [6.07, 6.45) is 11.6. The van der Waals surface area contributed by atoms with E-state index in [0.717, 1.165) is 56.9 Å². The average molecular weight is 461 g/mol. The summed E-state index contributed by atoms with van der Waals surface area (Å²) in [5.41, 5.74) is 1.77. The molecule has 2 fully saturated rings. The predicted octanol–water partition coefficient (Wildman–Crippen LogP) is 7.41. The highest BCUT2D eigenvalue weighted by molar-refractivity contribution is 5.39. The van der Waals surface area contributed by atoms with Crippen molar-refractivity contribution < 1.29 is 22.6 Å². The fraction of sp³-hybridized carbons (Fsp3) is 0.571. The Kier molecular flexibility index (Phi) is 8.00. The highest BCUT2D eigenvalue weighted by Gasteiger charge is 2.35. The molecular weight excluding hydrogens is 425 g/mol. The van der Waals surface area contributed by atoms with Crippen molar-refractivity contribution in [3.63, 3.8) is 0 Å². The zero-order valence-electron chi connectivity index (χ0n) is 19.6. The highest BCUT2D eigenvalue weighted by Crippen LogP contribution is 2.40. The average Bonchev–Trinajstić information content (AvgIpc) is 2.85. The molecule has 180 valence electrons. The second-order valence-corrected chi connectivity index (χ2v) is 9.70. The highest BCUT2D eigenvalue weighted by atomic mass is 19.2. The summed E-state index contributed by atoms with van der Waals surface area (Å²) in [6, 6.07) is 5.07. The van der Waals surface area contributed by atoms with Gasteiger partial charge in [-0.15, -0.1) is 0 Å². The zero-order chi connectivity index (χ0) is 23.4. The molecule has 5 heteroatoms. The Labute approximate surface area is 195 Å². The normalized spacial score (nSPS) is 33.0. The topological polar surface area (TPSA) is 18.5 Å². The SMILES string of the molecule is COc1ccc(C2CCC(/C=C/C3=CC=C(C4CCC(OC)CC4)C(F)C3F)CC2)c(F)c1. The van der Waals surface area contributed by atoms with Crippen molar-refractivity contribution in [2.45, 2.75) is 75.7 Å². The van der Waals surface area contributed by atoms with Crippen LogP contribution in [0.1, 0.15) is 62.8 Å². The van der Waals surface area contributed by atoms with Gasteiger partial charge in [-0.1, -0.05) is 30.4 Å². The lowest BCUT2D eigenvalue weighted by Gasteiger charge is -2.33. The first-order chi connectivity index (χ1) is 16.0. The second kappa shape index (κ2) is 10.9. The van der Waals surface area contributed by atoms with Gasteiger partial charge < -0.3 is 9.47 Å². The van der Waals surface area contributed by atoms with Crippen LogP contribution in [-0.2, 0) is 4.74 Å². The number of hydrogen-bond donors (Lipinski definition) is 0. The van der Waals surface area contributed by atoms with Crippen LogP contribution in [0.5, 0.6) is 5.75 Å². The third-order valence-corrected chi connectivity index (χ3v) is 7.82. The number of hydrogen-bond acceptors (Lipinski definition) is 2. The minimum atomic E-state index is -1.61. The van der Waals surface area contributed by atoms with Crippen molar-refractivity contribution >= 4 is 0 Å². The van der Waals surface area contributed by atoms with Crippen LogP contribution in [0.3, 0.4) is 0 Å². The van der Waals surface area contributed by atoms with Gasteiger partial charge in [0.2, 0.25) is 0 Å². The van der Waals surface area contributed by atoms with E-state index in [9.17, 15) is 13.2 Å². The molecule has 2 nitrogen and oxygen atoms in total. The Bertz CT molecular complexity index is 890. The first-order valence-corrected chi connectivity index (χ1v) is 12.2. The molecule has 0 heterocycles. The number of rotatable bonds is 6. The lowest BCUT2D eigenvalue weighted by molar-refractivity contribution is 0.0583. The van der Waals surface area contributed by atoms with Crippen molar-refractivity contribution in [3.8, 4) is 5.75 Å². The van der Waals surface area contributed by atoms with E-state index in [0.29, 0.717) is 22.8 Å². The van der Waals surface area contributed by atoms with Gasteiger partial charge in [0.05, 0.1) is 13.2 Å². The molecule has 0 saturated heterocycles. The maximum Gasteiger partial charge on any atom is 0.160 e. The van der Waals surface area contributed by atoms with E-state index in [-0.39, 0.29) is 23.8 Å². The van der Waals surface area contributed by atoms with E-state index in [2.05, 4.69) is 0 Å². The Balaban J connectivity index is 1.34. The Morgan fingerprint density at radius 3 is 2.18 bits per heavy atom. The molecule has 2 atom stereocenters. The summed E-state index contributed by atoms with van der Waals surface area (Å²) in [6.45, 7) is 0. The maximum atomic E-state index is 15.0. The number of methoxy groups -OCH3 is 2. The van der Waals surface area contributed by atoms with Crippen LogP contribution >= 0.6 is 0 Å². The van der Waals surface area contributed by atoms with Crippen molar-refractivity contribution in [2.24, 2.45) is 11.8 Å². The molecule has 0 aliphatic heterocycles. The van der Waals surface area contributed by atoms with Crippen molar-refractivity contribution in [1.29, 1.82) is 0 Å². The molecule has 4 rings (SSSR count). The third kappa shape index (κ3) is 5.56. The van der Waals surface area contributed by atoms with Gasteiger partial charge in [-0.2, -0.15) is 0 Å². The molecule has 3 aliphatic rings. The standard InChI is InChI=1S/C28H35F3O2/c1-32-22-12-9-20(10-13-22)25-15-11-21(27(30)28(25)31)8-5-18-3-6-19(7-4-18)24-16-14-23(33-2)17-26(24)29/h5,8,11,14-20,22,27-28H,3-4,6-7,9-10,12-13H2,1-2H3/b8-5+. The molecule has 2 saturated carbocycles. The Hall–Kier alpha value is -2.01. The number of alkyl halides is 2. The van der Waals surface area contributed by atoms with Crippen molar-refractivity contribution in [3.05, 3.63) is 65.0 Å². The minimum Gasteiger partial charge on any atom is -0.497 e. The van der Waals surface area contributed by atoms with Crippen LogP contribution in [0.25, 0.3) is 0 Å². The first-order valence-electron chi connectivity index (χ1n) is 12.2. The van der Waals surface area contributed by atoms with Crippen molar-refractivity contribution in [2.75, 3.05) is 14.2 Å². The van der Waals surface area contributed by atoms with Gasteiger partial charge in [0.15, 0.2) is 12.3 Å².